The normalized spacial score (nSPS) is 29.1. The number of nitrogens with one attached hydrogen (secondary N) is 1. The average molecular weight is 163 g/mol. The molecule has 0 amide bonds. The first-order valence-corrected chi connectivity index (χ1v) is 4.24. The zero-order valence-electron chi connectivity index (χ0n) is 6.90. The van der Waals surface area contributed by atoms with E-state index < -0.39 is 0 Å². The van der Waals surface area contributed by atoms with E-state index in [1.165, 1.54) is 5.56 Å². The van der Waals surface area contributed by atoms with Crippen LogP contribution in [-0.4, -0.2) is 24.1 Å². The molecule has 1 saturated heterocycles. The van der Waals surface area contributed by atoms with Crippen molar-refractivity contribution in [3.8, 4) is 0 Å². The lowest BCUT2D eigenvalue weighted by Crippen LogP contribution is -2.27. The van der Waals surface area contributed by atoms with Crippen LogP contribution >= 0.6 is 0 Å². The maximum atomic E-state index is 5.93. The molecule has 64 valence electrons. The number of rotatable bonds is 1. The molecule has 1 fully saturated rings. The molecule has 0 unspecified atom stereocenters. The van der Waals surface area contributed by atoms with Gasteiger partial charge in [-0.15, -0.1) is 0 Å². The van der Waals surface area contributed by atoms with Gasteiger partial charge in [0.15, 0.2) is 0 Å². The molecule has 3 N–H and O–H groups in total. The second-order valence-electron chi connectivity index (χ2n) is 3.21. The van der Waals surface area contributed by atoms with E-state index in [9.17, 15) is 0 Å². The Bertz CT molecular complexity index is 247. The summed E-state index contributed by atoms with van der Waals surface area (Å²) in [6, 6.07) is 4.34. The van der Waals surface area contributed by atoms with E-state index >= 15 is 0 Å². The molecule has 1 aromatic heterocycles. The summed E-state index contributed by atoms with van der Waals surface area (Å²) < 4.78 is 0. The van der Waals surface area contributed by atoms with E-state index in [0.717, 1.165) is 13.1 Å². The Morgan fingerprint density at radius 1 is 1.33 bits per heavy atom. The quantitative estimate of drug-likeness (QED) is 0.617. The van der Waals surface area contributed by atoms with Crippen molar-refractivity contribution in [2.45, 2.75) is 12.0 Å². The Morgan fingerprint density at radius 3 is 2.67 bits per heavy atom. The van der Waals surface area contributed by atoms with Gasteiger partial charge in [-0.05, 0) is 17.7 Å². The van der Waals surface area contributed by atoms with Crippen molar-refractivity contribution in [2.24, 2.45) is 5.73 Å². The minimum Gasteiger partial charge on any atom is -0.326 e. The van der Waals surface area contributed by atoms with E-state index in [1.807, 2.05) is 24.5 Å². The van der Waals surface area contributed by atoms with Crippen LogP contribution in [0.5, 0.6) is 0 Å². The number of hydrogen-bond acceptors (Lipinski definition) is 3. The molecular weight excluding hydrogens is 150 g/mol. The molecule has 0 aliphatic carbocycles. The fraction of sp³-hybridized carbons (Fsp3) is 0.444. The smallest absolute Gasteiger partial charge is 0.0270 e. The second kappa shape index (κ2) is 3.21. The molecule has 2 rings (SSSR count). The summed E-state index contributed by atoms with van der Waals surface area (Å²) in [6.07, 6.45) is 3.64. The van der Waals surface area contributed by atoms with Crippen molar-refractivity contribution in [2.75, 3.05) is 13.1 Å². The molecule has 12 heavy (non-hydrogen) atoms. The summed E-state index contributed by atoms with van der Waals surface area (Å²) in [5.41, 5.74) is 7.22. The molecule has 0 bridgehead atoms. The monoisotopic (exact) mass is 163 g/mol. The molecule has 1 aliphatic heterocycles. The van der Waals surface area contributed by atoms with Crippen LogP contribution in [0.2, 0.25) is 0 Å². The van der Waals surface area contributed by atoms with Gasteiger partial charge in [0.1, 0.15) is 0 Å². The molecule has 0 saturated carbocycles. The number of nitrogens with two attached hydrogens (primary N) is 1. The van der Waals surface area contributed by atoms with Gasteiger partial charge >= 0.3 is 0 Å². The Kier molecular flexibility index (Phi) is 2.06. The van der Waals surface area contributed by atoms with E-state index in [4.69, 9.17) is 5.73 Å². The van der Waals surface area contributed by atoms with Crippen molar-refractivity contribution in [3.63, 3.8) is 0 Å². The Morgan fingerprint density at radius 2 is 2.08 bits per heavy atom. The van der Waals surface area contributed by atoms with Gasteiger partial charge in [0.2, 0.25) is 0 Å². The third-order valence-corrected chi connectivity index (χ3v) is 2.40. The van der Waals surface area contributed by atoms with Crippen LogP contribution in [0, 0.1) is 0 Å². The van der Waals surface area contributed by atoms with Crippen LogP contribution in [0.25, 0.3) is 0 Å². The highest BCUT2D eigenvalue weighted by Gasteiger charge is 2.24. The largest absolute Gasteiger partial charge is 0.326 e. The van der Waals surface area contributed by atoms with Crippen molar-refractivity contribution in [1.82, 2.24) is 10.3 Å². The number of pyridine rings is 1. The Labute approximate surface area is 72.0 Å². The van der Waals surface area contributed by atoms with Crippen LogP contribution in [0.4, 0.5) is 0 Å². The lowest BCUT2D eigenvalue weighted by atomic mass is 9.96. The van der Waals surface area contributed by atoms with Crippen LogP contribution in [0.1, 0.15) is 11.5 Å². The van der Waals surface area contributed by atoms with Crippen LogP contribution in [-0.2, 0) is 0 Å². The number of aromatic nitrogens is 1. The zero-order valence-corrected chi connectivity index (χ0v) is 6.90. The van der Waals surface area contributed by atoms with Gasteiger partial charge in [0, 0.05) is 37.4 Å². The third kappa shape index (κ3) is 1.33. The second-order valence-corrected chi connectivity index (χ2v) is 3.21. The van der Waals surface area contributed by atoms with Crippen molar-refractivity contribution >= 4 is 0 Å². The van der Waals surface area contributed by atoms with Crippen LogP contribution in [0.3, 0.4) is 0 Å². The van der Waals surface area contributed by atoms with E-state index in [1.54, 1.807) is 0 Å². The first kappa shape index (κ1) is 7.71. The topological polar surface area (TPSA) is 50.9 Å². The minimum atomic E-state index is 0.257. The molecular formula is C9H13N3. The maximum absolute atomic E-state index is 5.93. The molecule has 3 heteroatoms. The maximum Gasteiger partial charge on any atom is 0.0270 e. The van der Waals surface area contributed by atoms with Gasteiger partial charge < -0.3 is 11.1 Å². The van der Waals surface area contributed by atoms with Gasteiger partial charge in [-0.3, -0.25) is 4.98 Å². The number of hydrogen-bond donors (Lipinski definition) is 2. The van der Waals surface area contributed by atoms with Gasteiger partial charge in [-0.25, -0.2) is 0 Å². The van der Waals surface area contributed by atoms with E-state index in [0.29, 0.717) is 5.92 Å². The molecule has 1 aromatic rings. The van der Waals surface area contributed by atoms with Gasteiger partial charge in [0.25, 0.3) is 0 Å². The standard InChI is InChI=1S/C9H13N3/c10-9-6-12-5-8(9)7-1-3-11-4-2-7/h1-4,8-9,12H,5-6,10H2/t8-,9+/m1/s1. The van der Waals surface area contributed by atoms with E-state index in [2.05, 4.69) is 10.3 Å². The first-order chi connectivity index (χ1) is 5.88. The van der Waals surface area contributed by atoms with Crippen LogP contribution in [0.15, 0.2) is 24.5 Å². The van der Waals surface area contributed by atoms with Crippen molar-refractivity contribution in [3.05, 3.63) is 30.1 Å². The van der Waals surface area contributed by atoms with Crippen molar-refractivity contribution in [1.29, 1.82) is 0 Å². The van der Waals surface area contributed by atoms with Gasteiger partial charge in [0.05, 0.1) is 0 Å². The fourth-order valence-electron chi connectivity index (χ4n) is 1.67. The van der Waals surface area contributed by atoms with E-state index in [-0.39, 0.29) is 6.04 Å². The molecule has 0 aromatic carbocycles. The predicted octanol–water partition coefficient (Wildman–Crippen LogP) is 0.0957. The average Bonchev–Trinajstić information content (AvgIpc) is 2.53. The third-order valence-electron chi connectivity index (χ3n) is 2.40. The zero-order chi connectivity index (χ0) is 8.39. The minimum absolute atomic E-state index is 0.257. The summed E-state index contributed by atoms with van der Waals surface area (Å²) in [5, 5.41) is 3.28. The molecule has 2 atom stereocenters. The summed E-state index contributed by atoms with van der Waals surface area (Å²) in [7, 11) is 0. The predicted molar refractivity (Wildman–Crippen MR) is 47.8 cm³/mol. The van der Waals surface area contributed by atoms with Crippen molar-refractivity contribution < 1.29 is 0 Å². The summed E-state index contributed by atoms with van der Waals surface area (Å²) >= 11 is 0. The highest BCUT2D eigenvalue weighted by Crippen LogP contribution is 2.20. The Balaban J connectivity index is 2.19. The Hall–Kier alpha value is -0.930. The van der Waals surface area contributed by atoms with Crippen LogP contribution < -0.4 is 11.1 Å². The molecule has 0 spiro atoms. The molecule has 2 heterocycles. The molecule has 3 nitrogen and oxygen atoms in total. The number of nitrogens with zero attached hydrogens (tertiary/aromatic N) is 1. The highest BCUT2D eigenvalue weighted by molar-refractivity contribution is 5.20. The highest BCUT2D eigenvalue weighted by atomic mass is 15.0. The SMILES string of the molecule is N[C@H]1CNC[C@@H]1c1ccncc1. The summed E-state index contributed by atoms with van der Waals surface area (Å²) in [5.74, 6) is 0.466. The molecule has 1 aliphatic rings. The fourth-order valence-corrected chi connectivity index (χ4v) is 1.67. The van der Waals surface area contributed by atoms with Gasteiger partial charge in [-0.2, -0.15) is 0 Å². The lowest BCUT2D eigenvalue weighted by molar-refractivity contribution is 0.652. The summed E-state index contributed by atoms with van der Waals surface area (Å²) in [4.78, 5) is 3.98. The summed E-state index contributed by atoms with van der Waals surface area (Å²) in [6.45, 7) is 1.91. The lowest BCUT2D eigenvalue weighted by Gasteiger charge is -2.13. The van der Waals surface area contributed by atoms with Gasteiger partial charge in [-0.1, -0.05) is 0 Å². The first-order valence-electron chi connectivity index (χ1n) is 4.24. The molecule has 0 radical (unpaired) electrons.